The molecule has 1 aromatic heterocycles. The third kappa shape index (κ3) is 3.30. The van der Waals surface area contributed by atoms with E-state index in [2.05, 4.69) is 35.0 Å². The Morgan fingerprint density at radius 1 is 1.24 bits per heavy atom. The Balaban J connectivity index is 2.04. The molecule has 0 bridgehead atoms. The molecule has 0 fully saturated rings. The molecular formula is C13H12BrFOS. The summed E-state index contributed by atoms with van der Waals surface area (Å²) in [7, 11) is 0. The Labute approximate surface area is 112 Å². The number of benzene rings is 1. The van der Waals surface area contributed by atoms with Crippen molar-refractivity contribution < 1.29 is 9.13 Å². The number of hydrogen-bond donors (Lipinski definition) is 0. The molecule has 1 aromatic carbocycles. The number of ether oxygens (including phenoxy) is 1. The second-order valence-corrected chi connectivity index (χ2v) is 5.69. The minimum atomic E-state index is -0.288. The molecule has 1 nitrogen and oxygen atoms in total. The minimum Gasteiger partial charge on any atom is -0.487 e. The van der Waals surface area contributed by atoms with E-state index in [1.165, 1.54) is 17.0 Å². The molecule has 0 radical (unpaired) electrons. The molecular weight excluding hydrogens is 303 g/mol. The lowest BCUT2D eigenvalue weighted by Crippen LogP contribution is -1.94. The molecule has 2 rings (SSSR count). The van der Waals surface area contributed by atoms with Crippen molar-refractivity contribution in [1.29, 1.82) is 0 Å². The molecule has 1 heterocycles. The first-order valence-electron chi connectivity index (χ1n) is 5.34. The zero-order valence-corrected chi connectivity index (χ0v) is 11.8. The van der Waals surface area contributed by atoms with Crippen molar-refractivity contribution in [3.05, 3.63) is 50.4 Å². The summed E-state index contributed by atoms with van der Waals surface area (Å²) in [5.41, 5.74) is 0. The van der Waals surface area contributed by atoms with E-state index < -0.39 is 0 Å². The van der Waals surface area contributed by atoms with Crippen molar-refractivity contribution >= 4 is 27.3 Å². The molecule has 0 saturated carbocycles. The van der Waals surface area contributed by atoms with Crippen LogP contribution in [0.2, 0.25) is 0 Å². The van der Waals surface area contributed by atoms with E-state index in [1.54, 1.807) is 17.4 Å². The van der Waals surface area contributed by atoms with Crippen LogP contribution in [-0.4, -0.2) is 0 Å². The Kier molecular flexibility index (Phi) is 4.18. The second kappa shape index (κ2) is 5.65. The van der Waals surface area contributed by atoms with Crippen LogP contribution in [0, 0.1) is 5.82 Å². The van der Waals surface area contributed by atoms with Gasteiger partial charge in [-0.1, -0.05) is 6.92 Å². The van der Waals surface area contributed by atoms with Crippen LogP contribution in [0.5, 0.6) is 5.75 Å². The maximum Gasteiger partial charge on any atom is 0.136 e. The van der Waals surface area contributed by atoms with Gasteiger partial charge >= 0.3 is 0 Å². The summed E-state index contributed by atoms with van der Waals surface area (Å²) in [5.74, 6) is 0.250. The molecule has 90 valence electrons. The molecule has 0 unspecified atom stereocenters. The van der Waals surface area contributed by atoms with Crippen LogP contribution >= 0.6 is 27.3 Å². The molecule has 0 aliphatic rings. The third-order valence-electron chi connectivity index (χ3n) is 2.33. The van der Waals surface area contributed by atoms with Gasteiger partial charge in [0.25, 0.3) is 0 Å². The first-order valence-corrected chi connectivity index (χ1v) is 6.95. The topological polar surface area (TPSA) is 9.23 Å². The van der Waals surface area contributed by atoms with Crippen LogP contribution in [0.1, 0.15) is 16.7 Å². The van der Waals surface area contributed by atoms with Crippen molar-refractivity contribution in [2.75, 3.05) is 0 Å². The molecule has 2 aromatic rings. The fourth-order valence-electron chi connectivity index (χ4n) is 1.43. The van der Waals surface area contributed by atoms with E-state index in [4.69, 9.17) is 4.74 Å². The average molecular weight is 315 g/mol. The zero-order valence-electron chi connectivity index (χ0n) is 9.37. The van der Waals surface area contributed by atoms with Gasteiger partial charge in [0.1, 0.15) is 18.2 Å². The molecule has 17 heavy (non-hydrogen) atoms. The van der Waals surface area contributed by atoms with Gasteiger partial charge in [0.2, 0.25) is 0 Å². The normalized spacial score (nSPS) is 10.5. The summed E-state index contributed by atoms with van der Waals surface area (Å²) in [4.78, 5) is 2.49. The van der Waals surface area contributed by atoms with Crippen LogP contribution in [0.15, 0.2) is 34.8 Å². The van der Waals surface area contributed by atoms with Crippen molar-refractivity contribution in [2.24, 2.45) is 0 Å². The molecule has 4 heteroatoms. The summed E-state index contributed by atoms with van der Waals surface area (Å²) >= 11 is 5.06. The maximum absolute atomic E-state index is 13.0. The summed E-state index contributed by atoms with van der Waals surface area (Å²) < 4.78 is 19.4. The summed E-state index contributed by atoms with van der Waals surface area (Å²) in [6.45, 7) is 2.60. The number of hydrogen-bond acceptors (Lipinski definition) is 2. The van der Waals surface area contributed by atoms with Crippen molar-refractivity contribution in [3.8, 4) is 5.75 Å². The maximum atomic E-state index is 13.0. The van der Waals surface area contributed by atoms with E-state index in [-0.39, 0.29) is 5.82 Å². The van der Waals surface area contributed by atoms with Crippen LogP contribution in [0.25, 0.3) is 0 Å². The van der Waals surface area contributed by atoms with Crippen LogP contribution in [0.4, 0.5) is 4.39 Å². The van der Waals surface area contributed by atoms with Crippen LogP contribution in [-0.2, 0) is 13.0 Å². The van der Waals surface area contributed by atoms with Gasteiger partial charge in [0, 0.05) is 15.8 Å². The van der Waals surface area contributed by atoms with E-state index in [1.807, 2.05) is 0 Å². The predicted octanol–water partition coefficient (Wildman–Crippen LogP) is 4.79. The number of aryl methyl sites for hydroxylation is 1. The molecule has 0 atom stereocenters. The van der Waals surface area contributed by atoms with Crippen molar-refractivity contribution in [3.63, 3.8) is 0 Å². The first-order chi connectivity index (χ1) is 8.19. The molecule has 0 amide bonds. The van der Waals surface area contributed by atoms with Gasteiger partial charge in [0.05, 0.1) is 4.47 Å². The Hall–Kier alpha value is -0.870. The number of thiophene rings is 1. The number of rotatable bonds is 4. The fraction of sp³-hybridized carbons (Fsp3) is 0.231. The highest BCUT2D eigenvalue weighted by Gasteiger charge is 2.04. The van der Waals surface area contributed by atoms with Crippen LogP contribution < -0.4 is 4.74 Å². The lowest BCUT2D eigenvalue weighted by atomic mass is 10.3. The highest BCUT2D eigenvalue weighted by atomic mass is 79.9. The lowest BCUT2D eigenvalue weighted by Gasteiger charge is -2.06. The second-order valence-electron chi connectivity index (χ2n) is 3.58. The quantitative estimate of drug-likeness (QED) is 0.788. The summed E-state index contributed by atoms with van der Waals surface area (Å²) in [5, 5.41) is 0. The Bertz CT molecular complexity index is 510. The standard InChI is InChI=1S/C13H12BrFOS/c1-2-10-4-5-11(17-10)8-16-13-7-9(15)3-6-12(13)14/h3-7H,2,8H2,1H3. The molecule has 0 aliphatic heterocycles. The van der Waals surface area contributed by atoms with Gasteiger partial charge < -0.3 is 4.74 Å². The monoisotopic (exact) mass is 314 g/mol. The van der Waals surface area contributed by atoms with E-state index in [0.29, 0.717) is 12.4 Å². The van der Waals surface area contributed by atoms with Gasteiger partial charge in [0.15, 0.2) is 0 Å². The summed E-state index contributed by atoms with van der Waals surface area (Å²) in [6, 6.07) is 8.59. The van der Waals surface area contributed by atoms with Crippen LogP contribution in [0.3, 0.4) is 0 Å². The van der Waals surface area contributed by atoms with Gasteiger partial charge in [-0.05, 0) is 46.6 Å². The van der Waals surface area contributed by atoms with E-state index >= 15 is 0 Å². The van der Waals surface area contributed by atoms with Crippen molar-refractivity contribution in [2.45, 2.75) is 20.0 Å². The highest BCUT2D eigenvalue weighted by molar-refractivity contribution is 9.10. The highest BCUT2D eigenvalue weighted by Crippen LogP contribution is 2.27. The smallest absolute Gasteiger partial charge is 0.136 e. The zero-order chi connectivity index (χ0) is 12.3. The Morgan fingerprint density at radius 3 is 2.71 bits per heavy atom. The predicted molar refractivity (Wildman–Crippen MR) is 72.1 cm³/mol. The first kappa shape index (κ1) is 12.6. The average Bonchev–Trinajstić information content (AvgIpc) is 2.78. The van der Waals surface area contributed by atoms with E-state index in [9.17, 15) is 4.39 Å². The minimum absolute atomic E-state index is 0.288. The largest absolute Gasteiger partial charge is 0.487 e. The molecule has 0 spiro atoms. The van der Waals surface area contributed by atoms with Gasteiger partial charge in [-0.2, -0.15) is 0 Å². The Morgan fingerprint density at radius 2 is 2.00 bits per heavy atom. The third-order valence-corrected chi connectivity index (χ3v) is 4.19. The van der Waals surface area contributed by atoms with E-state index in [0.717, 1.165) is 15.8 Å². The summed E-state index contributed by atoms with van der Waals surface area (Å²) in [6.07, 6.45) is 1.04. The molecule has 0 N–H and O–H groups in total. The van der Waals surface area contributed by atoms with Gasteiger partial charge in [-0.3, -0.25) is 0 Å². The molecule has 0 saturated heterocycles. The van der Waals surface area contributed by atoms with Gasteiger partial charge in [-0.15, -0.1) is 11.3 Å². The van der Waals surface area contributed by atoms with Gasteiger partial charge in [-0.25, -0.2) is 4.39 Å². The lowest BCUT2D eigenvalue weighted by molar-refractivity contribution is 0.306. The fourth-order valence-corrected chi connectivity index (χ4v) is 2.66. The van der Waals surface area contributed by atoms with Crippen molar-refractivity contribution in [1.82, 2.24) is 0 Å². The molecule has 0 aliphatic carbocycles. The SMILES string of the molecule is CCc1ccc(COc2cc(F)ccc2Br)s1. The number of halogens is 2.